The lowest BCUT2D eigenvalue weighted by molar-refractivity contribution is 0.493. The van der Waals surface area contributed by atoms with Crippen LogP contribution in [0.1, 0.15) is 0 Å². The molecule has 9 aromatic carbocycles. The van der Waals surface area contributed by atoms with Gasteiger partial charge in [-0.2, -0.15) is 0 Å². The Morgan fingerprint density at radius 3 is 1.67 bits per heavy atom. The SMILES string of the molecule is c1ccc(-c2ccc3c(c2)-c2ccccc2Oc2c-3ccc3cccc(N(c4ccccc4)c4ccccc4-c4ccccc4-c4ccccc4)c23)cc1. The van der Waals surface area contributed by atoms with Crippen LogP contribution in [-0.2, 0) is 0 Å². The number of rotatable bonds is 6. The van der Waals surface area contributed by atoms with Crippen molar-refractivity contribution in [2.24, 2.45) is 0 Å². The van der Waals surface area contributed by atoms with E-state index in [1.807, 2.05) is 0 Å². The summed E-state index contributed by atoms with van der Waals surface area (Å²) >= 11 is 0. The first-order chi connectivity index (χ1) is 26.8. The summed E-state index contributed by atoms with van der Waals surface area (Å²) in [6.07, 6.45) is 0. The molecule has 9 aromatic rings. The van der Waals surface area contributed by atoms with Gasteiger partial charge >= 0.3 is 0 Å². The zero-order chi connectivity index (χ0) is 35.8. The van der Waals surface area contributed by atoms with E-state index in [4.69, 9.17) is 4.74 Å². The Morgan fingerprint density at radius 2 is 0.889 bits per heavy atom. The molecule has 0 unspecified atom stereocenters. The van der Waals surface area contributed by atoms with Gasteiger partial charge < -0.3 is 9.64 Å². The molecule has 254 valence electrons. The summed E-state index contributed by atoms with van der Waals surface area (Å²) in [7, 11) is 0. The molecule has 0 fully saturated rings. The highest BCUT2D eigenvalue weighted by molar-refractivity contribution is 6.09. The molecule has 54 heavy (non-hydrogen) atoms. The summed E-state index contributed by atoms with van der Waals surface area (Å²) in [6, 6.07) is 75.7. The van der Waals surface area contributed by atoms with Gasteiger partial charge in [-0.3, -0.25) is 0 Å². The molecule has 1 heterocycles. The predicted octanol–water partition coefficient (Wildman–Crippen LogP) is 14.8. The van der Waals surface area contributed by atoms with Crippen molar-refractivity contribution in [3.63, 3.8) is 0 Å². The molecule has 0 saturated heterocycles. The Hall–Kier alpha value is -7.16. The van der Waals surface area contributed by atoms with Gasteiger partial charge in [0.15, 0.2) is 0 Å². The molecule has 0 atom stereocenters. The number of hydrogen-bond donors (Lipinski definition) is 0. The van der Waals surface area contributed by atoms with Crippen LogP contribution in [0.3, 0.4) is 0 Å². The van der Waals surface area contributed by atoms with Gasteiger partial charge in [-0.15, -0.1) is 0 Å². The van der Waals surface area contributed by atoms with Gasteiger partial charge in [0, 0.05) is 27.8 Å². The minimum Gasteiger partial charge on any atom is -0.455 e. The average Bonchev–Trinajstić information content (AvgIpc) is 3.39. The second-order valence-electron chi connectivity index (χ2n) is 13.6. The van der Waals surface area contributed by atoms with Crippen LogP contribution in [-0.4, -0.2) is 0 Å². The summed E-state index contributed by atoms with van der Waals surface area (Å²) < 4.78 is 7.17. The standard InChI is InChI=1S/C52H35NO/c1-4-17-36(18-5-1)39-32-33-43-46-34-31-38-21-16-29-49(51(38)52(46)54-50-30-15-13-27-45(50)47(43)35-39)53(40-22-8-3-9-23-40)48-28-14-12-26-44(48)42-25-11-10-24-41(42)37-19-6-2-7-20-37/h1-35H. The lowest BCUT2D eigenvalue weighted by atomic mass is 9.90. The molecule has 0 aliphatic carbocycles. The Kier molecular flexibility index (Phi) is 7.85. The van der Waals surface area contributed by atoms with Crippen LogP contribution in [0, 0.1) is 0 Å². The molecule has 0 bridgehead atoms. The number of ether oxygens (including phenoxy) is 1. The van der Waals surface area contributed by atoms with Gasteiger partial charge in [0.05, 0.1) is 11.4 Å². The quantitative estimate of drug-likeness (QED) is 0.172. The van der Waals surface area contributed by atoms with Crippen molar-refractivity contribution in [2.45, 2.75) is 0 Å². The largest absolute Gasteiger partial charge is 0.455 e. The normalized spacial score (nSPS) is 11.5. The lowest BCUT2D eigenvalue weighted by Gasteiger charge is -2.30. The molecule has 0 spiro atoms. The Balaban J connectivity index is 1.24. The molecule has 2 nitrogen and oxygen atoms in total. The van der Waals surface area contributed by atoms with Crippen molar-refractivity contribution >= 4 is 27.8 Å². The second kappa shape index (κ2) is 13.4. The monoisotopic (exact) mass is 689 g/mol. The summed E-state index contributed by atoms with van der Waals surface area (Å²) in [4.78, 5) is 2.40. The smallest absolute Gasteiger partial charge is 0.145 e. The van der Waals surface area contributed by atoms with E-state index in [0.29, 0.717) is 0 Å². The van der Waals surface area contributed by atoms with E-state index >= 15 is 0 Å². The highest BCUT2D eigenvalue weighted by Crippen LogP contribution is 2.54. The van der Waals surface area contributed by atoms with Gasteiger partial charge in [-0.25, -0.2) is 0 Å². The number of benzene rings is 9. The van der Waals surface area contributed by atoms with Crippen molar-refractivity contribution in [1.82, 2.24) is 0 Å². The fraction of sp³-hybridized carbons (Fsp3) is 0. The summed E-state index contributed by atoms with van der Waals surface area (Å²) in [6.45, 7) is 0. The molecule has 0 radical (unpaired) electrons. The number of anilines is 3. The Bertz CT molecular complexity index is 2790. The van der Waals surface area contributed by atoms with Crippen LogP contribution in [0.2, 0.25) is 0 Å². The number of fused-ring (bicyclic) bond motifs is 7. The Labute approximate surface area is 315 Å². The maximum atomic E-state index is 7.17. The Morgan fingerprint density at radius 1 is 0.315 bits per heavy atom. The van der Waals surface area contributed by atoms with Crippen molar-refractivity contribution in [1.29, 1.82) is 0 Å². The number of para-hydroxylation sites is 3. The van der Waals surface area contributed by atoms with Crippen LogP contribution >= 0.6 is 0 Å². The molecule has 0 saturated carbocycles. The first kappa shape index (κ1) is 31.6. The molecule has 1 aliphatic rings. The van der Waals surface area contributed by atoms with E-state index in [0.717, 1.165) is 67.2 Å². The van der Waals surface area contributed by atoms with Crippen molar-refractivity contribution < 1.29 is 4.74 Å². The van der Waals surface area contributed by atoms with E-state index in [-0.39, 0.29) is 0 Å². The fourth-order valence-electron chi connectivity index (χ4n) is 8.00. The maximum absolute atomic E-state index is 7.17. The first-order valence-electron chi connectivity index (χ1n) is 18.4. The second-order valence-corrected chi connectivity index (χ2v) is 13.6. The molecule has 0 aromatic heterocycles. The summed E-state index contributed by atoms with van der Waals surface area (Å²) in [5.74, 6) is 1.69. The topological polar surface area (TPSA) is 12.5 Å². The van der Waals surface area contributed by atoms with Crippen molar-refractivity contribution in [2.75, 3.05) is 4.90 Å². The van der Waals surface area contributed by atoms with Crippen LogP contribution in [0.5, 0.6) is 11.5 Å². The van der Waals surface area contributed by atoms with E-state index in [9.17, 15) is 0 Å². The third-order valence-corrected chi connectivity index (χ3v) is 10.5. The van der Waals surface area contributed by atoms with Gasteiger partial charge in [-0.05, 0) is 86.8 Å². The molecular weight excluding hydrogens is 655 g/mol. The van der Waals surface area contributed by atoms with Crippen LogP contribution in [0.25, 0.3) is 66.4 Å². The highest BCUT2D eigenvalue weighted by atomic mass is 16.5. The third-order valence-electron chi connectivity index (χ3n) is 10.5. The third kappa shape index (κ3) is 5.44. The summed E-state index contributed by atoms with van der Waals surface area (Å²) in [5, 5.41) is 2.16. The van der Waals surface area contributed by atoms with E-state index in [1.54, 1.807) is 0 Å². The van der Waals surface area contributed by atoms with Gasteiger partial charge in [-0.1, -0.05) is 170 Å². The first-order valence-corrected chi connectivity index (χ1v) is 18.4. The molecule has 2 heteroatoms. The predicted molar refractivity (Wildman–Crippen MR) is 226 cm³/mol. The average molecular weight is 690 g/mol. The summed E-state index contributed by atoms with van der Waals surface area (Å²) in [5.41, 5.74) is 14.7. The molecule has 10 rings (SSSR count). The lowest BCUT2D eigenvalue weighted by Crippen LogP contribution is -2.12. The molecule has 1 aliphatic heterocycles. The number of hydrogen-bond acceptors (Lipinski definition) is 2. The molecule has 0 N–H and O–H groups in total. The van der Waals surface area contributed by atoms with Crippen molar-refractivity contribution in [3.8, 4) is 67.1 Å². The van der Waals surface area contributed by atoms with Crippen LogP contribution in [0.15, 0.2) is 212 Å². The molecule has 0 amide bonds. The zero-order valence-electron chi connectivity index (χ0n) is 29.6. The molecular formula is C52H35NO. The highest BCUT2D eigenvalue weighted by Gasteiger charge is 2.27. The van der Waals surface area contributed by atoms with Gasteiger partial charge in [0.1, 0.15) is 11.5 Å². The van der Waals surface area contributed by atoms with Crippen molar-refractivity contribution in [3.05, 3.63) is 212 Å². The van der Waals surface area contributed by atoms with E-state index < -0.39 is 0 Å². The zero-order valence-corrected chi connectivity index (χ0v) is 29.6. The minimum absolute atomic E-state index is 0.841. The van der Waals surface area contributed by atoms with Gasteiger partial charge in [0.25, 0.3) is 0 Å². The van der Waals surface area contributed by atoms with Gasteiger partial charge in [0.2, 0.25) is 0 Å². The van der Waals surface area contributed by atoms with E-state index in [2.05, 4.69) is 217 Å². The minimum atomic E-state index is 0.841. The maximum Gasteiger partial charge on any atom is 0.145 e. The van der Waals surface area contributed by atoms with Crippen LogP contribution in [0.4, 0.5) is 17.1 Å². The number of nitrogens with zero attached hydrogens (tertiary/aromatic N) is 1. The fourth-order valence-corrected chi connectivity index (χ4v) is 8.00. The van der Waals surface area contributed by atoms with E-state index in [1.165, 1.54) is 27.8 Å². The van der Waals surface area contributed by atoms with Crippen LogP contribution < -0.4 is 9.64 Å².